The largest absolute Gasteiger partial charge is 0.350 e. The van der Waals surface area contributed by atoms with Gasteiger partial charge in [-0.05, 0) is 35.7 Å². The SMILES string of the molecule is CCCc1ccn(Cc2c(-c3ccccc3)[nH]c3ncccc23)c1. The lowest BCUT2D eigenvalue weighted by atomic mass is 10.1. The molecule has 1 aromatic carbocycles. The molecule has 0 radical (unpaired) electrons. The number of aromatic amines is 1. The monoisotopic (exact) mass is 315 g/mol. The van der Waals surface area contributed by atoms with Crippen molar-refractivity contribution < 1.29 is 0 Å². The van der Waals surface area contributed by atoms with Crippen molar-refractivity contribution in [3.05, 3.63) is 78.2 Å². The van der Waals surface area contributed by atoms with E-state index in [-0.39, 0.29) is 0 Å². The Morgan fingerprint density at radius 3 is 2.75 bits per heavy atom. The third kappa shape index (κ3) is 2.73. The number of aromatic nitrogens is 3. The van der Waals surface area contributed by atoms with E-state index in [2.05, 4.69) is 70.3 Å². The molecule has 3 aromatic heterocycles. The smallest absolute Gasteiger partial charge is 0.138 e. The standard InChI is InChI=1S/C21H21N3/c1-2-7-16-11-13-24(14-16)15-19-18-10-6-12-22-21(18)23-20(19)17-8-4-3-5-9-17/h3-6,8-14H,2,7,15H2,1H3,(H,22,23). The molecule has 1 N–H and O–H groups in total. The highest BCUT2D eigenvalue weighted by molar-refractivity contribution is 5.88. The van der Waals surface area contributed by atoms with Gasteiger partial charge in [-0.25, -0.2) is 4.98 Å². The summed E-state index contributed by atoms with van der Waals surface area (Å²) in [5, 5.41) is 1.20. The fraction of sp³-hybridized carbons (Fsp3) is 0.190. The zero-order valence-corrected chi connectivity index (χ0v) is 13.9. The Morgan fingerprint density at radius 1 is 1.04 bits per heavy atom. The summed E-state index contributed by atoms with van der Waals surface area (Å²) in [6.07, 6.45) is 8.58. The van der Waals surface area contributed by atoms with Crippen LogP contribution in [0.4, 0.5) is 0 Å². The van der Waals surface area contributed by atoms with Gasteiger partial charge in [-0.1, -0.05) is 43.7 Å². The topological polar surface area (TPSA) is 33.6 Å². The minimum atomic E-state index is 0.847. The number of hydrogen-bond acceptors (Lipinski definition) is 1. The minimum Gasteiger partial charge on any atom is -0.350 e. The van der Waals surface area contributed by atoms with Crippen LogP contribution < -0.4 is 0 Å². The first-order chi connectivity index (χ1) is 11.8. The summed E-state index contributed by atoms with van der Waals surface area (Å²) >= 11 is 0. The molecule has 120 valence electrons. The van der Waals surface area contributed by atoms with Crippen LogP contribution in [0, 0.1) is 0 Å². The number of nitrogens with one attached hydrogen (secondary N) is 1. The molecule has 0 aliphatic rings. The van der Waals surface area contributed by atoms with Gasteiger partial charge in [0, 0.05) is 36.1 Å². The van der Waals surface area contributed by atoms with Gasteiger partial charge in [0.1, 0.15) is 5.65 Å². The molecule has 0 spiro atoms. The molecule has 0 fully saturated rings. The second-order valence-corrected chi connectivity index (χ2v) is 6.19. The molecule has 3 nitrogen and oxygen atoms in total. The minimum absolute atomic E-state index is 0.847. The van der Waals surface area contributed by atoms with E-state index in [0.29, 0.717) is 0 Å². The molecule has 0 aliphatic heterocycles. The van der Waals surface area contributed by atoms with E-state index in [1.165, 1.54) is 28.5 Å². The summed E-state index contributed by atoms with van der Waals surface area (Å²) in [6, 6.07) is 16.9. The molecular weight excluding hydrogens is 294 g/mol. The molecule has 0 saturated heterocycles. The van der Waals surface area contributed by atoms with Crippen LogP contribution in [0.15, 0.2) is 67.1 Å². The Labute approximate surface area is 142 Å². The summed E-state index contributed by atoms with van der Waals surface area (Å²) in [6.45, 7) is 3.07. The van der Waals surface area contributed by atoms with E-state index in [4.69, 9.17) is 0 Å². The lowest BCUT2D eigenvalue weighted by molar-refractivity contribution is 0.804. The summed E-state index contributed by atoms with van der Waals surface area (Å²) in [5.41, 5.74) is 6.01. The summed E-state index contributed by atoms with van der Waals surface area (Å²) < 4.78 is 2.27. The van der Waals surface area contributed by atoms with E-state index >= 15 is 0 Å². The summed E-state index contributed by atoms with van der Waals surface area (Å²) in [4.78, 5) is 8.01. The number of fused-ring (bicyclic) bond motifs is 1. The summed E-state index contributed by atoms with van der Waals surface area (Å²) in [7, 11) is 0. The number of rotatable bonds is 5. The Bertz CT molecular complexity index is 948. The van der Waals surface area contributed by atoms with Crippen molar-refractivity contribution in [2.45, 2.75) is 26.3 Å². The second kappa shape index (κ2) is 6.36. The molecule has 24 heavy (non-hydrogen) atoms. The van der Waals surface area contributed by atoms with Gasteiger partial charge in [-0.2, -0.15) is 0 Å². The molecule has 0 amide bonds. The average molecular weight is 315 g/mol. The third-order valence-electron chi connectivity index (χ3n) is 4.43. The van der Waals surface area contributed by atoms with Crippen LogP contribution in [0.25, 0.3) is 22.3 Å². The first kappa shape index (κ1) is 14.8. The molecule has 3 heterocycles. The Morgan fingerprint density at radius 2 is 1.92 bits per heavy atom. The number of aryl methyl sites for hydroxylation is 1. The van der Waals surface area contributed by atoms with E-state index < -0.39 is 0 Å². The first-order valence-corrected chi connectivity index (χ1v) is 8.51. The van der Waals surface area contributed by atoms with Crippen molar-refractivity contribution >= 4 is 11.0 Å². The van der Waals surface area contributed by atoms with Crippen LogP contribution in [0.3, 0.4) is 0 Å². The first-order valence-electron chi connectivity index (χ1n) is 8.51. The molecule has 0 unspecified atom stereocenters. The molecule has 0 atom stereocenters. The Kier molecular flexibility index (Phi) is 3.91. The van der Waals surface area contributed by atoms with Gasteiger partial charge < -0.3 is 9.55 Å². The van der Waals surface area contributed by atoms with Crippen molar-refractivity contribution in [2.24, 2.45) is 0 Å². The predicted molar refractivity (Wildman–Crippen MR) is 99.1 cm³/mol. The highest BCUT2D eigenvalue weighted by atomic mass is 14.9. The fourth-order valence-corrected chi connectivity index (χ4v) is 3.30. The van der Waals surface area contributed by atoms with Crippen LogP contribution in [-0.4, -0.2) is 14.5 Å². The third-order valence-corrected chi connectivity index (χ3v) is 4.43. The van der Waals surface area contributed by atoms with E-state index in [1.54, 1.807) is 0 Å². The van der Waals surface area contributed by atoms with Crippen LogP contribution in [0.5, 0.6) is 0 Å². The molecule has 3 heteroatoms. The molecule has 4 aromatic rings. The number of nitrogens with zero attached hydrogens (tertiary/aromatic N) is 2. The molecule has 0 saturated carbocycles. The highest BCUT2D eigenvalue weighted by Gasteiger charge is 2.14. The van der Waals surface area contributed by atoms with Crippen LogP contribution in [0.1, 0.15) is 24.5 Å². The van der Waals surface area contributed by atoms with Gasteiger partial charge in [0.2, 0.25) is 0 Å². The van der Waals surface area contributed by atoms with Crippen molar-refractivity contribution in [3.63, 3.8) is 0 Å². The fourth-order valence-electron chi connectivity index (χ4n) is 3.30. The lowest BCUT2D eigenvalue weighted by Crippen LogP contribution is -1.98. The van der Waals surface area contributed by atoms with Gasteiger partial charge >= 0.3 is 0 Å². The average Bonchev–Trinajstić information content (AvgIpc) is 3.21. The highest BCUT2D eigenvalue weighted by Crippen LogP contribution is 2.30. The van der Waals surface area contributed by atoms with Crippen molar-refractivity contribution in [1.82, 2.24) is 14.5 Å². The van der Waals surface area contributed by atoms with Crippen LogP contribution in [0.2, 0.25) is 0 Å². The van der Waals surface area contributed by atoms with Gasteiger partial charge in [-0.15, -0.1) is 0 Å². The van der Waals surface area contributed by atoms with Crippen LogP contribution in [-0.2, 0) is 13.0 Å². The quantitative estimate of drug-likeness (QED) is 0.550. The van der Waals surface area contributed by atoms with Gasteiger partial charge in [0.15, 0.2) is 0 Å². The second-order valence-electron chi connectivity index (χ2n) is 6.19. The van der Waals surface area contributed by atoms with Crippen LogP contribution >= 0.6 is 0 Å². The van der Waals surface area contributed by atoms with Crippen molar-refractivity contribution in [1.29, 1.82) is 0 Å². The number of benzene rings is 1. The van der Waals surface area contributed by atoms with E-state index in [9.17, 15) is 0 Å². The molecular formula is C21H21N3. The normalized spacial score (nSPS) is 11.2. The predicted octanol–water partition coefficient (Wildman–Crippen LogP) is 5.03. The molecule has 4 rings (SSSR count). The van der Waals surface area contributed by atoms with E-state index in [0.717, 1.165) is 24.3 Å². The number of H-pyrrole nitrogens is 1. The van der Waals surface area contributed by atoms with Crippen molar-refractivity contribution in [2.75, 3.05) is 0 Å². The lowest BCUT2D eigenvalue weighted by Gasteiger charge is -2.07. The summed E-state index contributed by atoms with van der Waals surface area (Å²) in [5.74, 6) is 0. The number of hydrogen-bond donors (Lipinski definition) is 1. The maximum absolute atomic E-state index is 4.50. The van der Waals surface area contributed by atoms with Gasteiger partial charge in [-0.3, -0.25) is 0 Å². The zero-order chi connectivity index (χ0) is 16.4. The Hall–Kier alpha value is -2.81. The van der Waals surface area contributed by atoms with Crippen molar-refractivity contribution in [3.8, 4) is 11.3 Å². The zero-order valence-electron chi connectivity index (χ0n) is 13.9. The molecule has 0 aliphatic carbocycles. The Balaban J connectivity index is 1.80. The van der Waals surface area contributed by atoms with E-state index in [1.807, 2.05) is 18.3 Å². The molecule has 0 bridgehead atoms. The van der Waals surface area contributed by atoms with Gasteiger partial charge in [0.05, 0.1) is 5.69 Å². The maximum atomic E-state index is 4.50. The van der Waals surface area contributed by atoms with Gasteiger partial charge in [0.25, 0.3) is 0 Å². The number of pyridine rings is 1. The maximum Gasteiger partial charge on any atom is 0.138 e.